The summed E-state index contributed by atoms with van der Waals surface area (Å²) in [5, 5.41) is 6.36. The molecule has 0 aromatic carbocycles. The summed E-state index contributed by atoms with van der Waals surface area (Å²) in [7, 11) is 0. The molecule has 0 aliphatic carbocycles. The zero-order valence-electron chi connectivity index (χ0n) is 7.44. The second-order valence-corrected chi connectivity index (χ2v) is 6.20. The Hall–Kier alpha value is -0.160. The van der Waals surface area contributed by atoms with Crippen LogP contribution in [-0.2, 0) is 6.42 Å². The Morgan fingerprint density at radius 2 is 2.29 bits per heavy atom. The summed E-state index contributed by atoms with van der Waals surface area (Å²) in [6.45, 7) is 0. The predicted molar refractivity (Wildman–Crippen MR) is 67.0 cm³/mol. The Morgan fingerprint density at radius 3 is 2.86 bits per heavy atom. The van der Waals surface area contributed by atoms with E-state index in [0.717, 1.165) is 10.2 Å². The Kier molecular flexibility index (Phi) is 3.38. The number of thiophene rings is 2. The maximum Gasteiger partial charge on any atom is 0.0701 e. The Labute approximate surface area is 99.7 Å². The first-order valence-corrected chi connectivity index (χ1v) is 6.88. The smallest absolute Gasteiger partial charge is 0.0701 e. The van der Waals surface area contributed by atoms with Crippen LogP contribution in [0.1, 0.15) is 17.2 Å². The van der Waals surface area contributed by atoms with Crippen LogP contribution in [0.15, 0.2) is 32.1 Å². The van der Waals surface area contributed by atoms with Crippen molar-refractivity contribution in [3.63, 3.8) is 0 Å². The van der Waals surface area contributed by atoms with Crippen LogP contribution in [0.4, 0.5) is 0 Å². The summed E-state index contributed by atoms with van der Waals surface area (Å²) in [6.07, 6.45) is 0.923. The zero-order valence-corrected chi connectivity index (χ0v) is 10.7. The lowest BCUT2D eigenvalue weighted by Crippen LogP contribution is -2.11. The number of hydrogen-bond donors (Lipinski definition) is 1. The van der Waals surface area contributed by atoms with Crippen molar-refractivity contribution >= 4 is 38.6 Å². The van der Waals surface area contributed by atoms with E-state index in [0.29, 0.717) is 0 Å². The van der Waals surface area contributed by atoms with Gasteiger partial charge in [0, 0.05) is 6.04 Å². The summed E-state index contributed by atoms with van der Waals surface area (Å²) >= 11 is 6.85. The van der Waals surface area contributed by atoms with E-state index in [1.54, 1.807) is 22.7 Å². The molecule has 1 atom stereocenters. The van der Waals surface area contributed by atoms with Crippen molar-refractivity contribution in [3.05, 3.63) is 43.2 Å². The van der Waals surface area contributed by atoms with Gasteiger partial charge in [-0.05, 0) is 61.8 Å². The number of nitrogens with two attached hydrogens (primary N) is 1. The average Bonchev–Trinajstić information content (AvgIpc) is 2.75. The molecule has 2 heterocycles. The normalized spacial score (nSPS) is 13.0. The third kappa shape index (κ3) is 2.45. The second kappa shape index (κ2) is 4.57. The van der Waals surface area contributed by atoms with Crippen molar-refractivity contribution in [2.45, 2.75) is 12.5 Å². The summed E-state index contributed by atoms with van der Waals surface area (Å²) in [5.74, 6) is 0. The van der Waals surface area contributed by atoms with Crippen LogP contribution in [0.25, 0.3) is 0 Å². The van der Waals surface area contributed by atoms with E-state index < -0.39 is 0 Å². The minimum atomic E-state index is 0.118. The highest BCUT2D eigenvalue weighted by Crippen LogP contribution is 2.26. The van der Waals surface area contributed by atoms with Gasteiger partial charge in [0.2, 0.25) is 0 Å². The van der Waals surface area contributed by atoms with Crippen LogP contribution in [0.2, 0.25) is 0 Å². The van der Waals surface area contributed by atoms with Crippen molar-refractivity contribution in [3.8, 4) is 0 Å². The minimum absolute atomic E-state index is 0.118. The van der Waals surface area contributed by atoms with Crippen molar-refractivity contribution < 1.29 is 0 Å². The highest BCUT2D eigenvalue weighted by Gasteiger charge is 2.08. The molecular weight excluding hydrogens is 278 g/mol. The lowest BCUT2D eigenvalue weighted by molar-refractivity contribution is 0.726. The van der Waals surface area contributed by atoms with Gasteiger partial charge in [0.05, 0.1) is 3.79 Å². The SMILES string of the molecule is NC(Cc1ccsc1)c1csc(Br)c1. The largest absolute Gasteiger partial charge is 0.324 e. The molecule has 0 saturated heterocycles. The van der Waals surface area contributed by atoms with Gasteiger partial charge in [0.1, 0.15) is 0 Å². The summed E-state index contributed by atoms with van der Waals surface area (Å²) in [6, 6.07) is 4.35. The van der Waals surface area contributed by atoms with Crippen LogP contribution < -0.4 is 5.73 Å². The van der Waals surface area contributed by atoms with Gasteiger partial charge in [0.15, 0.2) is 0 Å². The molecule has 1 unspecified atom stereocenters. The third-order valence-electron chi connectivity index (χ3n) is 2.05. The lowest BCUT2D eigenvalue weighted by atomic mass is 10.1. The molecule has 0 spiro atoms. The maximum absolute atomic E-state index is 6.09. The first-order chi connectivity index (χ1) is 6.75. The van der Waals surface area contributed by atoms with E-state index in [4.69, 9.17) is 5.73 Å². The highest BCUT2D eigenvalue weighted by atomic mass is 79.9. The molecule has 14 heavy (non-hydrogen) atoms. The van der Waals surface area contributed by atoms with Gasteiger partial charge in [-0.15, -0.1) is 11.3 Å². The van der Waals surface area contributed by atoms with Crippen LogP contribution >= 0.6 is 38.6 Å². The fourth-order valence-electron chi connectivity index (χ4n) is 1.30. The van der Waals surface area contributed by atoms with Gasteiger partial charge in [-0.2, -0.15) is 11.3 Å². The summed E-state index contributed by atoms with van der Waals surface area (Å²) in [5.41, 5.74) is 8.63. The van der Waals surface area contributed by atoms with Crippen molar-refractivity contribution in [1.82, 2.24) is 0 Å². The van der Waals surface area contributed by atoms with Crippen molar-refractivity contribution in [2.24, 2.45) is 5.73 Å². The molecule has 0 bridgehead atoms. The molecule has 2 aromatic rings. The zero-order chi connectivity index (χ0) is 9.97. The van der Waals surface area contributed by atoms with Crippen LogP contribution in [0, 0.1) is 0 Å². The average molecular weight is 288 g/mol. The molecular formula is C10H10BrNS2. The standard InChI is InChI=1S/C10H10BrNS2/c11-10-4-8(6-14-10)9(12)3-7-1-2-13-5-7/h1-2,4-6,9H,3,12H2. The second-order valence-electron chi connectivity index (χ2n) is 3.13. The molecule has 0 saturated carbocycles. The fraction of sp³-hybridized carbons (Fsp3) is 0.200. The maximum atomic E-state index is 6.09. The molecule has 2 N–H and O–H groups in total. The Balaban J connectivity index is 2.06. The van der Waals surface area contributed by atoms with E-state index >= 15 is 0 Å². The molecule has 0 aliphatic rings. The summed E-state index contributed by atoms with van der Waals surface area (Å²) < 4.78 is 1.15. The molecule has 0 amide bonds. The predicted octanol–water partition coefficient (Wildman–Crippen LogP) is 3.81. The Morgan fingerprint density at radius 1 is 1.43 bits per heavy atom. The van der Waals surface area contributed by atoms with E-state index in [-0.39, 0.29) is 6.04 Å². The minimum Gasteiger partial charge on any atom is -0.324 e. The molecule has 2 aromatic heterocycles. The van der Waals surface area contributed by atoms with Crippen molar-refractivity contribution in [2.75, 3.05) is 0 Å². The van der Waals surface area contributed by atoms with Gasteiger partial charge < -0.3 is 5.73 Å². The molecule has 0 fully saturated rings. The Bertz CT molecular complexity index is 394. The van der Waals surface area contributed by atoms with E-state index in [1.807, 2.05) is 0 Å². The third-order valence-corrected chi connectivity index (χ3v) is 4.31. The van der Waals surface area contributed by atoms with Crippen LogP contribution in [0.3, 0.4) is 0 Å². The lowest BCUT2D eigenvalue weighted by Gasteiger charge is -2.07. The van der Waals surface area contributed by atoms with Gasteiger partial charge in [-0.3, -0.25) is 0 Å². The van der Waals surface area contributed by atoms with E-state index in [2.05, 4.69) is 44.2 Å². The van der Waals surface area contributed by atoms with Crippen molar-refractivity contribution in [1.29, 1.82) is 0 Å². The molecule has 2 rings (SSSR count). The molecule has 74 valence electrons. The van der Waals surface area contributed by atoms with Crippen LogP contribution in [0.5, 0.6) is 0 Å². The van der Waals surface area contributed by atoms with E-state index in [9.17, 15) is 0 Å². The van der Waals surface area contributed by atoms with Gasteiger partial charge >= 0.3 is 0 Å². The molecule has 0 aliphatic heterocycles. The molecule has 4 heteroatoms. The molecule has 0 radical (unpaired) electrons. The monoisotopic (exact) mass is 287 g/mol. The van der Waals surface area contributed by atoms with E-state index in [1.165, 1.54) is 11.1 Å². The quantitative estimate of drug-likeness (QED) is 0.913. The number of hydrogen-bond acceptors (Lipinski definition) is 3. The van der Waals surface area contributed by atoms with Gasteiger partial charge in [-0.25, -0.2) is 0 Å². The first kappa shape index (κ1) is 10.4. The fourth-order valence-corrected chi connectivity index (χ4v) is 3.22. The van der Waals surface area contributed by atoms with Crippen LogP contribution in [-0.4, -0.2) is 0 Å². The van der Waals surface area contributed by atoms with Gasteiger partial charge in [-0.1, -0.05) is 0 Å². The number of halogens is 1. The first-order valence-electron chi connectivity index (χ1n) is 4.26. The van der Waals surface area contributed by atoms with Gasteiger partial charge in [0.25, 0.3) is 0 Å². The number of rotatable bonds is 3. The molecule has 1 nitrogen and oxygen atoms in total. The highest BCUT2D eigenvalue weighted by molar-refractivity contribution is 9.11. The topological polar surface area (TPSA) is 26.0 Å². The summed E-state index contributed by atoms with van der Waals surface area (Å²) in [4.78, 5) is 0.